The van der Waals surface area contributed by atoms with E-state index >= 15 is 0 Å². The lowest BCUT2D eigenvalue weighted by Gasteiger charge is -2.08. The zero-order valence-corrected chi connectivity index (χ0v) is 18.6. The number of hydrogen-bond donors (Lipinski definition) is 0. The summed E-state index contributed by atoms with van der Waals surface area (Å²) < 4.78 is 56.0. The Balaban J connectivity index is 1.73. The maximum Gasteiger partial charge on any atom is 0.390 e. The molecule has 0 spiro atoms. The molecule has 0 aliphatic rings. The van der Waals surface area contributed by atoms with Crippen LogP contribution in [0.1, 0.15) is 25.0 Å². The molecule has 4 aromatic rings. The number of hydrogen-bond acceptors (Lipinski definition) is 5. The second-order valence-electron chi connectivity index (χ2n) is 7.31. The molecule has 34 heavy (non-hydrogen) atoms. The minimum Gasteiger partial charge on any atom is -0.275 e. The molecule has 0 saturated heterocycles. The third-order valence-corrected chi connectivity index (χ3v) is 5.16. The molecule has 0 saturated carbocycles. The lowest BCUT2D eigenvalue weighted by atomic mass is 10.2. The molecule has 178 valence electrons. The minimum atomic E-state index is -4.46. The van der Waals surface area contributed by atoms with Crippen LogP contribution < -0.4 is 5.69 Å². The summed E-state index contributed by atoms with van der Waals surface area (Å²) in [6, 6.07) is 8.89. The van der Waals surface area contributed by atoms with E-state index in [9.17, 15) is 22.4 Å². The number of aromatic nitrogens is 7. The molecule has 0 aliphatic heterocycles. The molecule has 0 radical (unpaired) electrons. The van der Waals surface area contributed by atoms with E-state index in [2.05, 4.69) is 20.2 Å². The van der Waals surface area contributed by atoms with E-state index in [0.29, 0.717) is 22.8 Å². The van der Waals surface area contributed by atoms with Gasteiger partial charge in [0.1, 0.15) is 12.4 Å². The van der Waals surface area contributed by atoms with Crippen molar-refractivity contribution in [3.05, 3.63) is 75.6 Å². The van der Waals surface area contributed by atoms with Crippen LogP contribution in [0.3, 0.4) is 0 Å². The van der Waals surface area contributed by atoms with Gasteiger partial charge < -0.3 is 0 Å². The van der Waals surface area contributed by atoms with Crippen LogP contribution >= 0.6 is 11.6 Å². The molecule has 0 N–H and O–H groups in total. The van der Waals surface area contributed by atoms with Gasteiger partial charge in [0.05, 0.1) is 6.42 Å². The Kier molecular flexibility index (Phi) is 6.51. The first-order valence-electron chi connectivity index (χ1n) is 10.2. The van der Waals surface area contributed by atoms with Gasteiger partial charge >= 0.3 is 11.9 Å². The smallest absolute Gasteiger partial charge is 0.275 e. The van der Waals surface area contributed by atoms with Gasteiger partial charge in [0.25, 0.3) is 0 Å². The monoisotopic (exact) mass is 495 g/mol. The van der Waals surface area contributed by atoms with Crippen LogP contribution in [0, 0.1) is 5.82 Å². The van der Waals surface area contributed by atoms with E-state index in [-0.39, 0.29) is 24.0 Å². The van der Waals surface area contributed by atoms with Crippen molar-refractivity contribution in [1.82, 2.24) is 34.1 Å². The number of benzene rings is 1. The third kappa shape index (κ3) is 5.01. The summed E-state index contributed by atoms with van der Waals surface area (Å²) in [5.41, 5.74) is -0.335. The summed E-state index contributed by atoms with van der Waals surface area (Å²) in [6.45, 7) is 0.955. The molecule has 3 heterocycles. The van der Waals surface area contributed by atoms with E-state index in [1.807, 2.05) is 0 Å². The molecule has 0 aliphatic carbocycles. The number of aryl methyl sites for hydroxylation is 1. The Morgan fingerprint density at radius 1 is 1.09 bits per heavy atom. The Morgan fingerprint density at radius 2 is 1.82 bits per heavy atom. The standard InChI is InChI=1S/C21H18ClF4N7O/c1-2-17-28-16(29-33(17)19-15(23)4-3-10-27-19)12-32-20(34)31(11-9-21(24,25)26)18(30-32)13-5-7-14(22)8-6-13/h3-8,10H,2,9,11-12H2,1H3. The predicted octanol–water partition coefficient (Wildman–Crippen LogP) is 4.04. The van der Waals surface area contributed by atoms with E-state index in [0.717, 1.165) is 9.25 Å². The molecule has 0 fully saturated rings. The van der Waals surface area contributed by atoms with Crippen LogP contribution in [0.2, 0.25) is 5.02 Å². The minimum absolute atomic E-state index is 0.0526. The molecular weight excluding hydrogens is 478 g/mol. The van der Waals surface area contributed by atoms with Crippen LogP contribution in [-0.4, -0.2) is 40.3 Å². The topological polar surface area (TPSA) is 83.4 Å². The van der Waals surface area contributed by atoms with Gasteiger partial charge in [-0.05, 0) is 36.4 Å². The van der Waals surface area contributed by atoms with Crippen molar-refractivity contribution < 1.29 is 17.6 Å². The highest BCUT2D eigenvalue weighted by Gasteiger charge is 2.28. The highest BCUT2D eigenvalue weighted by atomic mass is 35.5. The quantitative estimate of drug-likeness (QED) is 0.361. The summed E-state index contributed by atoms with van der Waals surface area (Å²) in [4.78, 5) is 21.3. The van der Waals surface area contributed by atoms with Crippen molar-refractivity contribution in [3.63, 3.8) is 0 Å². The van der Waals surface area contributed by atoms with Crippen molar-refractivity contribution in [2.24, 2.45) is 0 Å². The van der Waals surface area contributed by atoms with Crippen LogP contribution in [0.25, 0.3) is 17.2 Å². The zero-order chi connectivity index (χ0) is 24.5. The summed E-state index contributed by atoms with van der Waals surface area (Å²) in [7, 11) is 0. The maximum atomic E-state index is 14.2. The molecule has 0 bridgehead atoms. The summed E-state index contributed by atoms with van der Waals surface area (Å²) >= 11 is 5.90. The summed E-state index contributed by atoms with van der Waals surface area (Å²) in [5, 5.41) is 8.92. The fourth-order valence-electron chi connectivity index (χ4n) is 3.32. The molecule has 8 nitrogen and oxygen atoms in total. The van der Waals surface area contributed by atoms with Crippen LogP contribution in [0.15, 0.2) is 47.4 Å². The van der Waals surface area contributed by atoms with Gasteiger partial charge in [-0.2, -0.15) is 17.9 Å². The second-order valence-corrected chi connectivity index (χ2v) is 7.74. The molecule has 0 unspecified atom stereocenters. The molecule has 3 aromatic heterocycles. The Bertz CT molecular complexity index is 1360. The third-order valence-electron chi connectivity index (χ3n) is 4.91. The largest absolute Gasteiger partial charge is 0.390 e. The first-order chi connectivity index (χ1) is 16.2. The lowest BCUT2D eigenvalue weighted by molar-refractivity contribution is -0.136. The summed E-state index contributed by atoms with van der Waals surface area (Å²) in [5.74, 6) is -0.0747. The van der Waals surface area contributed by atoms with Gasteiger partial charge in [0.15, 0.2) is 23.3 Å². The fourth-order valence-corrected chi connectivity index (χ4v) is 3.45. The van der Waals surface area contributed by atoms with Gasteiger partial charge in [-0.3, -0.25) is 4.57 Å². The highest BCUT2D eigenvalue weighted by Crippen LogP contribution is 2.23. The SMILES string of the molecule is CCc1nc(Cn2nc(-c3ccc(Cl)cc3)n(CCC(F)(F)F)c2=O)nn1-c1ncccc1F. The van der Waals surface area contributed by atoms with Gasteiger partial charge in [-0.1, -0.05) is 18.5 Å². The lowest BCUT2D eigenvalue weighted by Crippen LogP contribution is -2.27. The molecule has 4 rings (SSSR count). The zero-order valence-electron chi connectivity index (χ0n) is 17.8. The van der Waals surface area contributed by atoms with E-state index in [1.165, 1.54) is 23.0 Å². The predicted molar refractivity (Wildman–Crippen MR) is 115 cm³/mol. The van der Waals surface area contributed by atoms with Crippen molar-refractivity contribution in [1.29, 1.82) is 0 Å². The van der Waals surface area contributed by atoms with Gasteiger partial charge in [-0.25, -0.2) is 23.8 Å². The average molecular weight is 496 g/mol. The van der Waals surface area contributed by atoms with E-state index in [1.54, 1.807) is 31.2 Å². The average Bonchev–Trinajstić information content (AvgIpc) is 3.33. The van der Waals surface area contributed by atoms with Crippen molar-refractivity contribution >= 4 is 11.6 Å². The number of pyridine rings is 1. The van der Waals surface area contributed by atoms with Crippen molar-refractivity contribution in [2.45, 2.75) is 39.0 Å². The van der Waals surface area contributed by atoms with E-state index < -0.39 is 30.6 Å². The van der Waals surface area contributed by atoms with Gasteiger partial charge in [0, 0.05) is 29.7 Å². The van der Waals surface area contributed by atoms with Crippen molar-refractivity contribution in [2.75, 3.05) is 0 Å². The van der Waals surface area contributed by atoms with Crippen molar-refractivity contribution in [3.8, 4) is 17.2 Å². The van der Waals surface area contributed by atoms with Crippen LogP contribution in [0.4, 0.5) is 17.6 Å². The Hall–Kier alpha value is -3.54. The number of halogens is 5. The van der Waals surface area contributed by atoms with Crippen LogP contribution in [0.5, 0.6) is 0 Å². The number of nitrogens with zero attached hydrogens (tertiary/aromatic N) is 7. The fraction of sp³-hybridized carbons (Fsp3) is 0.286. The Morgan fingerprint density at radius 3 is 2.47 bits per heavy atom. The molecule has 1 aromatic carbocycles. The molecule has 0 atom stereocenters. The second kappa shape index (κ2) is 9.37. The van der Waals surface area contributed by atoms with Gasteiger partial charge in [0.2, 0.25) is 0 Å². The van der Waals surface area contributed by atoms with Gasteiger partial charge in [-0.15, -0.1) is 10.2 Å². The highest BCUT2D eigenvalue weighted by molar-refractivity contribution is 6.30. The molecule has 13 heteroatoms. The maximum absolute atomic E-state index is 14.2. The van der Waals surface area contributed by atoms with E-state index in [4.69, 9.17) is 11.6 Å². The first-order valence-corrected chi connectivity index (χ1v) is 10.6. The summed E-state index contributed by atoms with van der Waals surface area (Å²) in [6.07, 6.45) is -3.86. The first kappa shape index (κ1) is 23.6. The Labute approximate surface area is 195 Å². The van der Waals surface area contributed by atoms with Crippen LogP contribution in [-0.2, 0) is 19.5 Å². The molecular formula is C21H18ClF4N7O. The number of alkyl halides is 3. The number of rotatable bonds is 7. The molecule has 0 amide bonds. The normalized spacial score (nSPS) is 11.8.